The van der Waals surface area contributed by atoms with Gasteiger partial charge in [0.1, 0.15) is 0 Å². The molecule has 84 valence electrons. The fourth-order valence-electron chi connectivity index (χ4n) is 2.21. The van der Waals surface area contributed by atoms with Crippen LogP contribution in [0.1, 0.15) is 36.5 Å². The van der Waals surface area contributed by atoms with Gasteiger partial charge in [0.25, 0.3) is 0 Å². The minimum Gasteiger partial charge on any atom is -0.288 e. The van der Waals surface area contributed by atoms with Crippen molar-refractivity contribution in [2.45, 2.75) is 26.2 Å². The molecular formula is C14H15IO. The highest BCUT2D eigenvalue weighted by Crippen LogP contribution is 2.36. The van der Waals surface area contributed by atoms with Crippen LogP contribution in [-0.4, -0.2) is 5.78 Å². The fraction of sp³-hybridized carbons (Fsp3) is 0.357. The summed E-state index contributed by atoms with van der Waals surface area (Å²) in [6.45, 7) is 2.22. The molecule has 0 spiro atoms. The van der Waals surface area contributed by atoms with Crippen LogP contribution in [0.25, 0.3) is 0 Å². The number of hydrogen-bond donors (Lipinski definition) is 0. The summed E-state index contributed by atoms with van der Waals surface area (Å²) in [7, 11) is 0. The second-order valence-electron chi connectivity index (χ2n) is 4.33. The van der Waals surface area contributed by atoms with Crippen LogP contribution in [0.3, 0.4) is 0 Å². The first-order chi connectivity index (χ1) is 7.70. The Morgan fingerprint density at radius 3 is 2.56 bits per heavy atom. The summed E-state index contributed by atoms with van der Waals surface area (Å²) in [5.41, 5.74) is 2.16. The molecule has 1 fully saturated rings. The molecular weight excluding hydrogens is 311 g/mol. The molecule has 0 radical (unpaired) electrons. The van der Waals surface area contributed by atoms with Gasteiger partial charge in [-0.2, -0.15) is 0 Å². The van der Waals surface area contributed by atoms with Crippen LogP contribution in [0.5, 0.6) is 0 Å². The molecule has 0 amide bonds. The van der Waals surface area contributed by atoms with E-state index in [4.69, 9.17) is 0 Å². The largest absolute Gasteiger partial charge is 0.288 e. The van der Waals surface area contributed by atoms with Gasteiger partial charge in [-0.25, -0.2) is 0 Å². The molecule has 1 unspecified atom stereocenters. The van der Waals surface area contributed by atoms with Crippen LogP contribution in [0.4, 0.5) is 0 Å². The van der Waals surface area contributed by atoms with Crippen molar-refractivity contribution in [1.29, 1.82) is 0 Å². The number of carbonyl (C=O) groups is 1. The van der Waals surface area contributed by atoms with Gasteiger partial charge >= 0.3 is 0 Å². The molecule has 0 N–H and O–H groups in total. The normalized spacial score (nSPS) is 23.2. The average Bonchev–Trinajstić information content (AvgIpc) is 2.75. The van der Waals surface area contributed by atoms with Gasteiger partial charge in [-0.15, -0.1) is 0 Å². The molecule has 0 heterocycles. The highest BCUT2D eigenvalue weighted by molar-refractivity contribution is 14.1. The molecule has 1 aromatic rings. The lowest BCUT2D eigenvalue weighted by molar-refractivity contribution is 0.104. The minimum atomic E-state index is 0.185. The topological polar surface area (TPSA) is 17.1 Å². The molecule has 0 aromatic heterocycles. The van der Waals surface area contributed by atoms with Crippen molar-refractivity contribution < 1.29 is 4.79 Å². The van der Waals surface area contributed by atoms with E-state index in [0.29, 0.717) is 5.92 Å². The second-order valence-corrected chi connectivity index (χ2v) is 5.41. The Hall–Kier alpha value is -0.640. The van der Waals surface area contributed by atoms with Gasteiger partial charge in [0.05, 0.1) is 3.58 Å². The van der Waals surface area contributed by atoms with Gasteiger partial charge in [0.15, 0.2) is 5.78 Å². The standard InChI is InChI=1S/C14H15IO/c1-10-6-5-9-12(10)13(15)14(16)11-7-3-2-4-8-11/h2-4,7-8,10H,5-6,9H2,1H3/b13-12-. The Balaban J connectivity index is 2.29. The van der Waals surface area contributed by atoms with Gasteiger partial charge in [-0.05, 0) is 47.8 Å². The van der Waals surface area contributed by atoms with Crippen molar-refractivity contribution >= 4 is 28.4 Å². The third kappa shape index (κ3) is 2.37. The molecule has 16 heavy (non-hydrogen) atoms. The first-order valence-electron chi connectivity index (χ1n) is 5.68. The number of Topliss-reactive ketones (excluding diaryl/α,β-unsaturated/α-hetero) is 1. The molecule has 0 saturated heterocycles. The maximum atomic E-state index is 12.2. The van der Waals surface area contributed by atoms with E-state index in [1.807, 2.05) is 30.3 Å². The number of halogens is 1. The van der Waals surface area contributed by atoms with Crippen molar-refractivity contribution in [1.82, 2.24) is 0 Å². The Labute approximate surface area is 110 Å². The first kappa shape index (κ1) is 11.8. The van der Waals surface area contributed by atoms with Crippen molar-refractivity contribution in [3.8, 4) is 0 Å². The van der Waals surface area contributed by atoms with Crippen molar-refractivity contribution in [2.75, 3.05) is 0 Å². The zero-order chi connectivity index (χ0) is 11.5. The van der Waals surface area contributed by atoms with Crippen LogP contribution in [0.15, 0.2) is 39.5 Å². The predicted octanol–water partition coefficient (Wildman–Crippen LogP) is 4.38. The highest BCUT2D eigenvalue weighted by atomic mass is 127. The lowest BCUT2D eigenvalue weighted by atomic mass is 10.0. The van der Waals surface area contributed by atoms with Gasteiger partial charge in [-0.3, -0.25) is 4.79 Å². The van der Waals surface area contributed by atoms with Gasteiger partial charge in [0, 0.05) is 5.56 Å². The second kappa shape index (κ2) is 5.13. The quantitative estimate of drug-likeness (QED) is 0.448. The van der Waals surface area contributed by atoms with Crippen LogP contribution in [0, 0.1) is 5.92 Å². The monoisotopic (exact) mass is 326 g/mol. The maximum absolute atomic E-state index is 12.2. The van der Waals surface area contributed by atoms with E-state index in [2.05, 4.69) is 29.5 Å². The smallest absolute Gasteiger partial charge is 0.199 e. The summed E-state index contributed by atoms with van der Waals surface area (Å²) in [6.07, 6.45) is 3.55. The molecule has 1 saturated carbocycles. The van der Waals surface area contributed by atoms with E-state index >= 15 is 0 Å². The third-order valence-corrected chi connectivity index (χ3v) is 4.38. The number of hydrogen-bond acceptors (Lipinski definition) is 1. The lowest BCUT2D eigenvalue weighted by Gasteiger charge is -2.08. The number of carbonyl (C=O) groups excluding carboxylic acids is 1. The Morgan fingerprint density at radius 2 is 2.00 bits per heavy atom. The zero-order valence-electron chi connectivity index (χ0n) is 9.37. The fourth-order valence-corrected chi connectivity index (χ4v) is 3.32. The van der Waals surface area contributed by atoms with Crippen LogP contribution < -0.4 is 0 Å². The molecule has 1 atom stereocenters. The Bertz CT molecular complexity index is 420. The Kier molecular flexibility index (Phi) is 3.79. The molecule has 1 aliphatic carbocycles. The molecule has 0 bridgehead atoms. The van der Waals surface area contributed by atoms with Crippen LogP contribution in [0.2, 0.25) is 0 Å². The first-order valence-corrected chi connectivity index (χ1v) is 6.76. The van der Waals surface area contributed by atoms with Gasteiger partial charge in [0.2, 0.25) is 0 Å². The molecule has 0 aliphatic heterocycles. The summed E-state index contributed by atoms with van der Waals surface area (Å²) >= 11 is 2.22. The zero-order valence-corrected chi connectivity index (χ0v) is 11.5. The van der Waals surface area contributed by atoms with E-state index < -0.39 is 0 Å². The number of rotatable bonds is 2. The predicted molar refractivity (Wildman–Crippen MR) is 74.8 cm³/mol. The van der Waals surface area contributed by atoms with Gasteiger partial charge < -0.3 is 0 Å². The van der Waals surface area contributed by atoms with E-state index in [0.717, 1.165) is 15.6 Å². The maximum Gasteiger partial charge on any atom is 0.199 e. The van der Waals surface area contributed by atoms with Gasteiger partial charge in [-0.1, -0.05) is 42.8 Å². The lowest BCUT2D eigenvalue weighted by Crippen LogP contribution is -2.03. The summed E-state index contributed by atoms with van der Waals surface area (Å²) in [5.74, 6) is 0.768. The van der Waals surface area contributed by atoms with Crippen molar-refractivity contribution in [3.05, 3.63) is 45.0 Å². The third-order valence-electron chi connectivity index (χ3n) is 3.20. The molecule has 1 aromatic carbocycles. The summed E-state index contributed by atoms with van der Waals surface area (Å²) in [6, 6.07) is 9.55. The van der Waals surface area contributed by atoms with Crippen molar-refractivity contribution in [2.24, 2.45) is 5.92 Å². The van der Waals surface area contributed by atoms with E-state index in [-0.39, 0.29) is 5.78 Å². The average molecular weight is 326 g/mol. The van der Waals surface area contributed by atoms with Crippen molar-refractivity contribution in [3.63, 3.8) is 0 Å². The molecule has 1 aliphatic rings. The van der Waals surface area contributed by atoms with E-state index in [9.17, 15) is 4.79 Å². The summed E-state index contributed by atoms with van der Waals surface area (Å²) < 4.78 is 0.939. The molecule has 2 rings (SSSR count). The summed E-state index contributed by atoms with van der Waals surface area (Å²) in [5, 5.41) is 0. The minimum absolute atomic E-state index is 0.185. The van der Waals surface area contributed by atoms with Crippen LogP contribution >= 0.6 is 22.6 Å². The number of allylic oxidation sites excluding steroid dienone is 2. The Morgan fingerprint density at radius 1 is 1.31 bits per heavy atom. The number of ketones is 1. The van der Waals surface area contributed by atoms with Crippen LogP contribution in [-0.2, 0) is 0 Å². The number of benzene rings is 1. The summed E-state index contributed by atoms with van der Waals surface area (Å²) in [4.78, 5) is 12.2. The molecule has 1 nitrogen and oxygen atoms in total. The van der Waals surface area contributed by atoms with E-state index in [1.54, 1.807) is 0 Å². The van der Waals surface area contributed by atoms with E-state index in [1.165, 1.54) is 18.4 Å². The molecule has 2 heteroatoms. The highest BCUT2D eigenvalue weighted by Gasteiger charge is 2.22. The SMILES string of the molecule is CC1CCC/C1=C(/I)C(=O)c1ccccc1.